The second-order valence-corrected chi connectivity index (χ2v) is 4.93. The number of hydrogen-bond acceptors (Lipinski definition) is 5. The molecular formula is C16H16O5. The van der Waals surface area contributed by atoms with Crippen molar-refractivity contribution in [3.05, 3.63) is 35.9 Å². The molecule has 1 aliphatic rings. The number of benzene rings is 2. The minimum absolute atomic E-state index is 0.0109. The van der Waals surface area contributed by atoms with Crippen LogP contribution < -0.4 is 9.47 Å². The number of methoxy groups -OCH3 is 2. The maximum absolute atomic E-state index is 11.4. The zero-order valence-electron chi connectivity index (χ0n) is 11.8. The molecule has 1 N–H and O–H groups in total. The van der Waals surface area contributed by atoms with E-state index < -0.39 is 18.2 Å². The van der Waals surface area contributed by atoms with Crippen LogP contribution in [0.1, 0.15) is 18.1 Å². The number of carbonyl (C=O) groups is 1. The summed E-state index contributed by atoms with van der Waals surface area (Å²) in [6.07, 6.45) is -1.62. The standard InChI is InChI=1S/C16H16O5/c1-19-13-7-11(16-12(17)8-14(18)21-16)15(20-2)10-6-4-3-5-9(10)13/h3-7,12,16-17H,8H2,1-2H3/t12-,16-/m1/s1. The Morgan fingerprint density at radius 3 is 2.48 bits per heavy atom. The molecule has 1 fully saturated rings. The second-order valence-electron chi connectivity index (χ2n) is 4.93. The largest absolute Gasteiger partial charge is 0.496 e. The highest BCUT2D eigenvalue weighted by Crippen LogP contribution is 2.43. The summed E-state index contributed by atoms with van der Waals surface area (Å²) < 4.78 is 16.1. The van der Waals surface area contributed by atoms with Crippen LogP contribution in [-0.2, 0) is 9.53 Å². The van der Waals surface area contributed by atoms with Crippen molar-refractivity contribution in [2.24, 2.45) is 0 Å². The minimum Gasteiger partial charge on any atom is -0.496 e. The van der Waals surface area contributed by atoms with E-state index in [0.29, 0.717) is 17.1 Å². The van der Waals surface area contributed by atoms with E-state index in [1.54, 1.807) is 20.3 Å². The van der Waals surface area contributed by atoms with Crippen LogP contribution in [-0.4, -0.2) is 31.4 Å². The van der Waals surface area contributed by atoms with Gasteiger partial charge in [0, 0.05) is 16.3 Å². The molecule has 110 valence electrons. The van der Waals surface area contributed by atoms with Gasteiger partial charge in [0.15, 0.2) is 6.10 Å². The molecule has 0 aliphatic carbocycles. The summed E-state index contributed by atoms with van der Waals surface area (Å²) in [5.41, 5.74) is 0.617. The third-order valence-corrected chi connectivity index (χ3v) is 3.70. The Balaban J connectivity index is 2.24. The number of cyclic esters (lactones) is 1. The summed E-state index contributed by atoms with van der Waals surface area (Å²) in [4.78, 5) is 11.4. The van der Waals surface area contributed by atoms with E-state index in [-0.39, 0.29) is 6.42 Å². The van der Waals surface area contributed by atoms with Crippen molar-refractivity contribution in [3.63, 3.8) is 0 Å². The number of aliphatic hydroxyl groups excluding tert-OH is 1. The highest BCUT2D eigenvalue weighted by molar-refractivity contribution is 5.95. The van der Waals surface area contributed by atoms with Crippen molar-refractivity contribution < 1.29 is 24.1 Å². The van der Waals surface area contributed by atoms with Crippen LogP contribution in [0.2, 0.25) is 0 Å². The Morgan fingerprint density at radius 1 is 1.19 bits per heavy atom. The first-order chi connectivity index (χ1) is 10.2. The summed E-state index contributed by atoms with van der Waals surface area (Å²) in [6.45, 7) is 0. The number of ether oxygens (including phenoxy) is 3. The molecule has 3 rings (SSSR count). The van der Waals surface area contributed by atoms with Crippen LogP contribution in [0.25, 0.3) is 10.8 Å². The van der Waals surface area contributed by atoms with Crippen LogP contribution in [0, 0.1) is 0 Å². The van der Waals surface area contributed by atoms with Gasteiger partial charge in [-0.3, -0.25) is 4.79 Å². The van der Waals surface area contributed by atoms with E-state index in [4.69, 9.17) is 14.2 Å². The Morgan fingerprint density at radius 2 is 1.90 bits per heavy atom. The molecule has 21 heavy (non-hydrogen) atoms. The highest BCUT2D eigenvalue weighted by atomic mass is 16.6. The molecule has 1 aliphatic heterocycles. The smallest absolute Gasteiger partial charge is 0.309 e. The lowest BCUT2D eigenvalue weighted by molar-refractivity contribution is -0.142. The summed E-state index contributed by atoms with van der Waals surface area (Å²) >= 11 is 0. The fourth-order valence-corrected chi connectivity index (χ4v) is 2.76. The molecule has 0 unspecified atom stereocenters. The maximum Gasteiger partial charge on any atom is 0.309 e. The van der Waals surface area contributed by atoms with Crippen LogP contribution >= 0.6 is 0 Å². The van der Waals surface area contributed by atoms with Gasteiger partial charge < -0.3 is 19.3 Å². The van der Waals surface area contributed by atoms with Crippen molar-refractivity contribution >= 4 is 16.7 Å². The summed E-state index contributed by atoms with van der Waals surface area (Å²) in [5.74, 6) is 0.823. The van der Waals surface area contributed by atoms with Crippen LogP contribution in [0.5, 0.6) is 11.5 Å². The SMILES string of the molecule is COc1cc([C@H]2OC(=O)C[C@H]2O)c(OC)c2ccccc12. The molecule has 0 aromatic heterocycles. The molecule has 1 heterocycles. The van der Waals surface area contributed by atoms with E-state index in [1.807, 2.05) is 24.3 Å². The zero-order chi connectivity index (χ0) is 15.0. The van der Waals surface area contributed by atoms with Gasteiger partial charge in [-0.1, -0.05) is 24.3 Å². The van der Waals surface area contributed by atoms with E-state index in [0.717, 1.165) is 10.8 Å². The lowest BCUT2D eigenvalue weighted by Gasteiger charge is -2.20. The Kier molecular flexibility index (Phi) is 3.43. The molecule has 1 saturated heterocycles. The Hall–Kier alpha value is -2.27. The van der Waals surface area contributed by atoms with Gasteiger partial charge in [0.25, 0.3) is 0 Å². The van der Waals surface area contributed by atoms with Gasteiger partial charge in [0.1, 0.15) is 17.6 Å². The average Bonchev–Trinajstić information content (AvgIpc) is 2.84. The molecule has 2 aromatic carbocycles. The Labute approximate surface area is 122 Å². The van der Waals surface area contributed by atoms with E-state index in [2.05, 4.69) is 0 Å². The number of rotatable bonds is 3. The van der Waals surface area contributed by atoms with E-state index in [9.17, 15) is 9.90 Å². The van der Waals surface area contributed by atoms with Crippen LogP contribution in [0.15, 0.2) is 30.3 Å². The normalized spacial score (nSPS) is 21.4. The number of aliphatic hydroxyl groups is 1. The van der Waals surface area contributed by atoms with Crippen molar-refractivity contribution in [2.45, 2.75) is 18.6 Å². The van der Waals surface area contributed by atoms with Gasteiger partial charge in [0.05, 0.1) is 20.6 Å². The first-order valence-electron chi connectivity index (χ1n) is 6.67. The van der Waals surface area contributed by atoms with Gasteiger partial charge in [-0.2, -0.15) is 0 Å². The molecule has 0 spiro atoms. The summed E-state index contributed by atoms with van der Waals surface area (Å²) in [6, 6.07) is 9.40. The fraction of sp³-hybridized carbons (Fsp3) is 0.312. The maximum atomic E-state index is 11.4. The molecule has 5 nitrogen and oxygen atoms in total. The van der Waals surface area contributed by atoms with Crippen molar-refractivity contribution in [3.8, 4) is 11.5 Å². The quantitative estimate of drug-likeness (QED) is 0.877. The molecule has 2 aromatic rings. The minimum atomic E-state index is -0.878. The Bertz CT molecular complexity index is 694. The number of hydrogen-bond donors (Lipinski definition) is 1. The first kappa shape index (κ1) is 13.7. The molecular weight excluding hydrogens is 272 g/mol. The molecule has 0 amide bonds. The van der Waals surface area contributed by atoms with Crippen LogP contribution in [0.4, 0.5) is 0 Å². The molecule has 5 heteroatoms. The predicted octanol–water partition coefficient (Wildman–Crippen LogP) is 2.21. The summed E-state index contributed by atoms with van der Waals surface area (Å²) in [7, 11) is 3.13. The predicted molar refractivity (Wildman–Crippen MR) is 76.5 cm³/mol. The van der Waals surface area contributed by atoms with Gasteiger partial charge in [-0.25, -0.2) is 0 Å². The van der Waals surface area contributed by atoms with Gasteiger partial charge in [-0.05, 0) is 6.07 Å². The highest BCUT2D eigenvalue weighted by Gasteiger charge is 2.37. The number of fused-ring (bicyclic) bond motifs is 1. The van der Waals surface area contributed by atoms with Gasteiger partial charge >= 0.3 is 5.97 Å². The second kappa shape index (κ2) is 5.26. The molecule has 0 saturated carbocycles. The first-order valence-corrected chi connectivity index (χ1v) is 6.67. The van der Waals surface area contributed by atoms with Crippen molar-refractivity contribution in [1.82, 2.24) is 0 Å². The average molecular weight is 288 g/mol. The third kappa shape index (κ3) is 2.19. The summed E-state index contributed by atoms with van der Waals surface area (Å²) in [5, 5.41) is 11.8. The zero-order valence-corrected chi connectivity index (χ0v) is 11.8. The van der Waals surface area contributed by atoms with Crippen molar-refractivity contribution in [1.29, 1.82) is 0 Å². The van der Waals surface area contributed by atoms with Gasteiger partial charge in [0.2, 0.25) is 0 Å². The monoisotopic (exact) mass is 288 g/mol. The topological polar surface area (TPSA) is 65.0 Å². The molecule has 0 radical (unpaired) electrons. The van der Waals surface area contributed by atoms with E-state index in [1.165, 1.54) is 0 Å². The van der Waals surface area contributed by atoms with Crippen molar-refractivity contribution in [2.75, 3.05) is 14.2 Å². The lowest BCUT2D eigenvalue weighted by atomic mass is 9.98. The molecule has 2 atom stereocenters. The third-order valence-electron chi connectivity index (χ3n) is 3.70. The van der Waals surface area contributed by atoms with E-state index >= 15 is 0 Å². The van der Waals surface area contributed by atoms with Crippen LogP contribution in [0.3, 0.4) is 0 Å². The fourth-order valence-electron chi connectivity index (χ4n) is 2.76. The number of esters is 1. The molecule has 0 bridgehead atoms. The van der Waals surface area contributed by atoms with Gasteiger partial charge in [-0.15, -0.1) is 0 Å². The lowest BCUT2D eigenvalue weighted by Crippen LogP contribution is -2.13. The number of carbonyl (C=O) groups excluding carboxylic acids is 1.